The molecule has 0 amide bonds. The third-order valence-corrected chi connectivity index (χ3v) is 2.96. The topological polar surface area (TPSA) is 54.4 Å². The average molecular weight is 284 g/mol. The van der Waals surface area contributed by atoms with Crippen LogP contribution in [0.5, 0.6) is 0 Å². The predicted octanol–water partition coefficient (Wildman–Crippen LogP) is 2.35. The normalized spacial score (nSPS) is 13.1. The maximum Gasteiger partial charge on any atom is 0.182 e. The molecule has 0 unspecified atom stereocenters. The Morgan fingerprint density at radius 1 is 0.857 bits per heavy atom. The van der Waals surface area contributed by atoms with Crippen molar-refractivity contribution in [1.82, 2.24) is 0 Å². The summed E-state index contributed by atoms with van der Waals surface area (Å²) in [5.41, 5.74) is 0.609. The van der Waals surface area contributed by atoms with Gasteiger partial charge in [0.05, 0.1) is 0 Å². The lowest BCUT2D eigenvalue weighted by Gasteiger charge is -2.05. The van der Waals surface area contributed by atoms with E-state index in [9.17, 15) is 9.59 Å². The Kier molecular flexibility index (Phi) is 8.61. The summed E-state index contributed by atoms with van der Waals surface area (Å²) in [6.45, 7) is -0.0774. The standard InChI is InChI=1S/C18H20O3/c19-14-10-8-6-4-2-1-3-5-7-9-11-16-15-17(20)12-13-18(16)21/h12-13,15,19H,2,4-7,9,11,14H2. The molecule has 0 radical (unpaired) electrons. The Hall–Kier alpha value is -2.10. The number of hydrogen-bond acceptors (Lipinski definition) is 3. The zero-order chi connectivity index (χ0) is 15.3. The fraction of sp³-hybridized carbons (Fsp3) is 0.444. The second-order valence-electron chi connectivity index (χ2n) is 4.70. The molecule has 0 aromatic carbocycles. The van der Waals surface area contributed by atoms with Gasteiger partial charge >= 0.3 is 0 Å². The highest BCUT2D eigenvalue weighted by Gasteiger charge is 2.11. The molecule has 0 heterocycles. The van der Waals surface area contributed by atoms with Crippen LogP contribution in [0.3, 0.4) is 0 Å². The third kappa shape index (κ3) is 7.92. The number of aliphatic hydroxyl groups is 1. The van der Waals surface area contributed by atoms with E-state index >= 15 is 0 Å². The van der Waals surface area contributed by atoms with Crippen molar-refractivity contribution in [1.29, 1.82) is 0 Å². The first-order valence-electron chi connectivity index (χ1n) is 7.23. The molecule has 0 atom stereocenters. The van der Waals surface area contributed by atoms with Gasteiger partial charge in [-0.15, -0.1) is 17.8 Å². The molecule has 0 saturated heterocycles. The molecule has 0 aliphatic heterocycles. The van der Waals surface area contributed by atoms with Crippen molar-refractivity contribution in [2.24, 2.45) is 0 Å². The quantitative estimate of drug-likeness (QED) is 0.463. The second kappa shape index (κ2) is 10.7. The van der Waals surface area contributed by atoms with Crippen molar-refractivity contribution in [2.45, 2.75) is 44.9 Å². The number of aliphatic hydroxyl groups excluding tert-OH is 1. The van der Waals surface area contributed by atoms with Crippen molar-refractivity contribution >= 4 is 11.6 Å². The number of carbonyl (C=O) groups is 2. The molecule has 21 heavy (non-hydrogen) atoms. The summed E-state index contributed by atoms with van der Waals surface area (Å²) in [5.74, 6) is 11.5. The molecular formula is C18H20O3. The fourth-order valence-electron chi connectivity index (χ4n) is 1.87. The lowest BCUT2D eigenvalue weighted by Crippen LogP contribution is -2.07. The van der Waals surface area contributed by atoms with Crippen LogP contribution in [-0.2, 0) is 9.59 Å². The maximum atomic E-state index is 11.5. The number of carbonyl (C=O) groups excluding carboxylic acids is 2. The predicted molar refractivity (Wildman–Crippen MR) is 82.2 cm³/mol. The van der Waals surface area contributed by atoms with E-state index in [0.717, 1.165) is 38.5 Å². The van der Waals surface area contributed by atoms with Crippen LogP contribution < -0.4 is 0 Å². The van der Waals surface area contributed by atoms with Crippen molar-refractivity contribution < 1.29 is 14.7 Å². The van der Waals surface area contributed by atoms with Gasteiger partial charge in [0.15, 0.2) is 11.6 Å². The van der Waals surface area contributed by atoms with Crippen LogP contribution >= 0.6 is 0 Å². The highest BCUT2D eigenvalue weighted by Crippen LogP contribution is 2.13. The summed E-state index contributed by atoms with van der Waals surface area (Å²) in [6, 6.07) is 0. The van der Waals surface area contributed by atoms with Crippen LogP contribution in [0.25, 0.3) is 0 Å². The Morgan fingerprint density at radius 2 is 1.52 bits per heavy atom. The first kappa shape index (κ1) is 17.0. The van der Waals surface area contributed by atoms with E-state index in [1.165, 1.54) is 18.2 Å². The van der Waals surface area contributed by atoms with Gasteiger partial charge in [0.2, 0.25) is 0 Å². The van der Waals surface area contributed by atoms with Gasteiger partial charge in [0.25, 0.3) is 0 Å². The lowest BCUT2D eigenvalue weighted by molar-refractivity contribution is -0.114. The molecule has 0 aromatic rings. The second-order valence-corrected chi connectivity index (χ2v) is 4.70. The van der Waals surface area contributed by atoms with Gasteiger partial charge < -0.3 is 5.11 Å². The van der Waals surface area contributed by atoms with Crippen LogP contribution in [0.4, 0.5) is 0 Å². The van der Waals surface area contributed by atoms with E-state index in [4.69, 9.17) is 5.11 Å². The number of hydrogen-bond donors (Lipinski definition) is 1. The average Bonchev–Trinajstić information content (AvgIpc) is 2.48. The SMILES string of the molecule is O=C1C=CC(=O)C(CCCCC#CCCCC#CCO)=C1. The van der Waals surface area contributed by atoms with Crippen LogP contribution in [0.15, 0.2) is 23.8 Å². The summed E-state index contributed by atoms with van der Waals surface area (Å²) in [5, 5.41) is 8.47. The molecular weight excluding hydrogens is 264 g/mol. The zero-order valence-corrected chi connectivity index (χ0v) is 12.2. The van der Waals surface area contributed by atoms with Gasteiger partial charge in [-0.3, -0.25) is 9.59 Å². The number of unbranched alkanes of at least 4 members (excludes halogenated alkanes) is 4. The number of rotatable bonds is 6. The van der Waals surface area contributed by atoms with Crippen molar-refractivity contribution in [3.63, 3.8) is 0 Å². The van der Waals surface area contributed by atoms with E-state index < -0.39 is 0 Å². The van der Waals surface area contributed by atoms with Gasteiger partial charge in [-0.1, -0.05) is 5.92 Å². The number of ketones is 2. The lowest BCUT2D eigenvalue weighted by atomic mass is 9.98. The summed E-state index contributed by atoms with van der Waals surface area (Å²) in [4.78, 5) is 22.7. The van der Waals surface area contributed by atoms with E-state index in [1.807, 2.05) is 0 Å². The minimum absolute atomic E-state index is 0.0512. The van der Waals surface area contributed by atoms with Gasteiger partial charge in [-0.25, -0.2) is 0 Å². The van der Waals surface area contributed by atoms with Gasteiger partial charge in [0.1, 0.15) is 6.61 Å². The number of allylic oxidation sites excluding steroid dienone is 4. The highest BCUT2D eigenvalue weighted by molar-refractivity contribution is 6.17. The Bertz CT molecular complexity index is 544. The van der Waals surface area contributed by atoms with Crippen molar-refractivity contribution in [3.05, 3.63) is 23.8 Å². The molecule has 0 fully saturated rings. The van der Waals surface area contributed by atoms with Crippen molar-refractivity contribution in [3.8, 4) is 23.7 Å². The van der Waals surface area contributed by atoms with Gasteiger partial charge in [-0.2, -0.15) is 0 Å². The summed E-state index contributed by atoms with van der Waals surface area (Å²) < 4.78 is 0. The summed E-state index contributed by atoms with van der Waals surface area (Å²) in [6.07, 6.45) is 9.86. The molecule has 0 bridgehead atoms. The molecule has 0 saturated carbocycles. The Morgan fingerprint density at radius 3 is 2.24 bits per heavy atom. The molecule has 1 aliphatic rings. The molecule has 3 heteroatoms. The van der Waals surface area contributed by atoms with E-state index in [0.29, 0.717) is 12.0 Å². The highest BCUT2D eigenvalue weighted by atomic mass is 16.2. The van der Waals surface area contributed by atoms with Gasteiger partial charge in [-0.05, 0) is 43.9 Å². The van der Waals surface area contributed by atoms with E-state index in [1.54, 1.807) is 0 Å². The minimum Gasteiger partial charge on any atom is -0.384 e. The maximum absolute atomic E-state index is 11.5. The van der Waals surface area contributed by atoms with Crippen LogP contribution in [0.2, 0.25) is 0 Å². The molecule has 3 nitrogen and oxygen atoms in total. The zero-order valence-electron chi connectivity index (χ0n) is 12.2. The van der Waals surface area contributed by atoms with Crippen LogP contribution in [0, 0.1) is 23.7 Å². The van der Waals surface area contributed by atoms with E-state index in [2.05, 4.69) is 23.7 Å². The smallest absolute Gasteiger partial charge is 0.182 e. The minimum atomic E-state index is -0.103. The summed E-state index contributed by atoms with van der Waals surface area (Å²) in [7, 11) is 0. The molecule has 1 N–H and O–H groups in total. The van der Waals surface area contributed by atoms with Crippen LogP contribution in [-0.4, -0.2) is 23.3 Å². The Balaban J connectivity index is 2.07. The third-order valence-electron chi connectivity index (χ3n) is 2.96. The molecule has 110 valence electrons. The molecule has 1 aliphatic carbocycles. The van der Waals surface area contributed by atoms with Crippen LogP contribution in [0.1, 0.15) is 44.9 Å². The Labute approximate surface area is 126 Å². The monoisotopic (exact) mass is 284 g/mol. The molecule has 1 rings (SSSR count). The van der Waals surface area contributed by atoms with Crippen molar-refractivity contribution in [2.75, 3.05) is 6.61 Å². The first-order chi connectivity index (χ1) is 10.2. The largest absolute Gasteiger partial charge is 0.384 e. The summed E-state index contributed by atoms with van der Waals surface area (Å²) >= 11 is 0. The fourth-order valence-corrected chi connectivity index (χ4v) is 1.87. The van der Waals surface area contributed by atoms with Gasteiger partial charge in [0, 0.05) is 24.8 Å². The van der Waals surface area contributed by atoms with E-state index in [-0.39, 0.29) is 18.2 Å². The first-order valence-corrected chi connectivity index (χ1v) is 7.23. The molecule has 0 spiro atoms. The molecule has 0 aromatic heterocycles.